The second-order valence-electron chi connectivity index (χ2n) is 5.50. The van der Waals surface area contributed by atoms with Crippen LogP contribution >= 0.6 is 0 Å². The zero-order valence-electron chi connectivity index (χ0n) is 11.8. The molecule has 2 N–H and O–H groups in total. The Balaban J connectivity index is 1.96. The number of pyridine rings is 2. The number of carbonyl (C=O) groups excluding carboxylic acids is 1. The molecule has 0 spiro atoms. The molecule has 2 heterocycles. The first-order valence-corrected chi connectivity index (χ1v) is 6.40. The summed E-state index contributed by atoms with van der Waals surface area (Å²) in [6, 6.07) is 7.24. The predicted octanol–water partition coefficient (Wildman–Crippen LogP) is 2.53. The van der Waals surface area contributed by atoms with Crippen LogP contribution in [0.25, 0.3) is 0 Å². The highest BCUT2D eigenvalue weighted by Crippen LogP contribution is 2.21. The molecule has 0 aliphatic carbocycles. The molecule has 2 aromatic heterocycles. The predicted molar refractivity (Wildman–Crippen MR) is 78.3 cm³/mol. The molecule has 0 atom stereocenters. The van der Waals surface area contributed by atoms with E-state index in [9.17, 15) is 4.79 Å². The second kappa shape index (κ2) is 5.69. The number of carbonyl (C=O) groups is 1. The average Bonchev–Trinajstić information content (AvgIpc) is 2.45. The van der Waals surface area contributed by atoms with Crippen molar-refractivity contribution in [1.29, 1.82) is 0 Å². The number of hydrogen-bond donors (Lipinski definition) is 2. The first-order valence-electron chi connectivity index (χ1n) is 6.40. The van der Waals surface area contributed by atoms with Gasteiger partial charge in [0.1, 0.15) is 5.82 Å². The molecular formula is C15H18N4O. The Kier molecular flexibility index (Phi) is 3.98. The van der Waals surface area contributed by atoms with Crippen LogP contribution in [0.15, 0.2) is 42.9 Å². The maximum absolute atomic E-state index is 11.8. The van der Waals surface area contributed by atoms with Gasteiger partial charge in [-0.25, -0.2) is 4.98 Å². The quantitative estimate of drug-likeness (QED) is 0.841. The largest absolute Gasteiger partial charge is 0.282 e. The lowest BCUT2D eigenvalue weighted by Gasteiger charge is -2.18. The molecule has 0 saturated heterocycles. The molecule has 0 aliphatic rings. The molecule has 2 rings (SSSR count). The summed E-state index contributed by atoms with van der Waals surface area (Å²) in [5.74, 6) is 0.343. The van der Waals surface area contributed by atoms with Crippen molar-refractivity contribution in [3.05, 3.63) is 54.0 Å². The van der Waals surface area contributed by atoms with Crippen molar-refractivity contribution in [2.24, 2.45) is 0 Å². The summed E-state index contributed by atoms with van der Waals surface area (Å²) < 4.78 is 0. The van der Waals surface area contributed by atoms with Gasteiger partial charge in [0.2, 0.25) is 0 Å². The Labute approximate surface area is 118 Å². The lowest BCUT2D eigenvalue weighted by molar-refractivity contribution is 0.0962. The van der Waals surface area contributed by atoms with E-state index < -0.39 is 0 Å². The van der Waals surface area contributed by atoms with Crippen LogP contribution in [0.2, 0.25) is 0 Å². The standard InChI is InChI=1S/C15H18N4O/c1-15(2,3)12-6-7-13(17-10-12)18-19-14(20)11-5-4-8-16-9-11/h4-10H,1-3H3,(H,17,18)(H,19,20). The van der Waals surface area contributed by atoms with Gasteiger partial charge in [-0.15, -0.1) is 0 Å². The van der Waals surface area contributed by atoms with E-state index in [0.717, 1.165) is 5.56 Å². The minimum atomic E-state index is -0.250. The minimum Gasteiger partial charge on any atom is -0.282 e. The summed E-state index contributed by atoms with van der Waals surface area (Å²) in [7, 11) is 0. The molecule has 2 aromatic rings. The molecule has 0 bridgehead atoms. The van der Waals surface area contributed by atoms with Crippen LogP contribution in [0.5, 0.6) is 0 Å². The fraction of sp³-hybridized carbons (Fsp3) is 0.267. The van der Waals surface area contributed by atoms with Crippen LogP contribution < -0.4 is 10.9 Å². The molecule has 0 saturated carbocycles. The molecule has 104 valence electrons. The zero-order chi connectivity index (χ0) is 14.6. The number of amides is 1. The van der Waals surface area contributed by atoms with E-state index in [1.54, 1.807) is 24.5 Å². The fourth-order valence-electron chi connectivity index (χ4n) is 1.60. The van der Waals surface area contributed by atoms with Crippen LogP contribution in [-0.4, -0.2) is 15.9 Å². The van der Waals surface area contributed by atoms with Crippen molar-refractivity contribution in [2.75, 3.05) is 5.43 Å². The number of anilines is 1. The maximum atomic E-state index is 11.8. The normalized spacial score (nSPS) is 10.9. The molecular weight excluding hydrogens is 252 g/mol. The van der Waals surface area contributed by atoms with Crippen molar-refractivity contribution >= 4 is 11.7 Å². The topological polar surface area (TPSA) is 66.9 Å². The van der Waals surface area contributed by atoms with E-state index in [2.05, 4.69) is 41.6 Å². The summed E-state index contributed by atoms with van der Waals surface area (Å²) in [5, 5.41) is 0. The summed E-state index contributed by atoms with van der Waals surface area (Å²) in [5.41, 5.74) is 7.06. The average molecular weight is 270 g/mol. The monoisotopic (exact) mass is 270 g/mol. The number of hydrogen-bond acceptors (Lipinski definition) is 4. The van der Waals surface area contributed by atoms with Crippen molar-refractivity contribution < 1.29 is 4.79 Å². The SMILES string of the molecule is CC(C)(C)c1ccc(NNC(=O)c2cccnc2)nc1. The van der Waals surface area contributed by atoms with E-state index in [1.807, 2.05) is 12.1 Å². The van der Waals surface area contributed by atoms with Crippen molar-refractivity contribution in [2.45, 2.75) is 26.2 Å². The second-order valence-corrected chi connectivity index (χ2v) is 5.50. The Morgan fingerprint density at radius 2 is 1.95 bits per heavy atom. The van der Waals surface area contributed by atoms with Gasteiger partial charge in [0.05, 0.1) is 5.56 Å². The number of hydrazine groups is 1. The molecule has 0 radical (unpaired) electrons. The number of rotatable bonds is 3. The Morgan fingerprint density at radius 3 is 2.50 bits per heavy atom. The van der Waals surface area contributed by atoms with Crippen molar-refractivity contribution in [3.63, 3.8) is 0 Å². The number of nitrogens with zero attached hydrogens (tertiary/aromatic N) is 2. The molecule has 5 heteroatoms. The Hall–Kier alpha value is -2.43. The van der Waals surface area contributed by atoms with Gasteiger partial charge >= 0.3 is 0 Å². The van der Waals surface area contributed by atoms with Gasteiger partial charge in [0.25, 0.3) is 5.91 Å². The smallest absolute Gasteiger partial charge is 0.271 e. The molecule has 20 heavy (non-hydrogen) atoms. The molecule has 0 fully saturated rings. The van der Waals surface area contributed by atoms with Crippen LogP contribution in [-0.2, 0) is 5.41 Å². The highest BCUT2D eigenvalue weighted by atomic mass is 16.2. The van der Waals surface area contributed by atoms with Gasteiger partial charge in [0, 0.05) is 18.6 Å². The number of aromatic nitrogens is 2. The summed E-state index contributed by atoms with van der Waals surface area (Å²) >= 11 is 0. The fourth-order valence-corrected chi connectivity index (χ4v) is 1.60. The van der Waals surface area contributed by atoms with Crippen LogP contribution in [0.4, 0.5) is 5.82 Å². The van der Waals surface area contributed by atoms with E-state index in [4.69, 9.17) is 0 Å². The van der Waals surface area contributed by atoms with E-state index in [-0.39, 0.29) is 11.3 Å². The summed E-state index contributed by atoms with van der Waals surface area (Å²) in [6.07, 6.45) is 4.93. The summed E-state index contributed by atoms with van der Waals surface area (Å²) in [4.78, 5) is 20.0. The van der Waals surface area contributed by atoms with E-state index in [0.29, 0.717) is 11.4 Å². The third kappa shape index (κ3) is 3.54. The van der Waals surface area contributed by atoms with Gasteiger partial charge in [-0.1, -0.05) is 26.8 Å². The van der Waals surface area contributed by atoms with Crippen LogP contribution in [0, 0.1) is 0 Å². The molecule has 0 aliphatic heterocycles. The molecule has 0 aromatic carbocycles. The van der Waals surface area contributed by atoms with Gasteiger partial charge in [-0.05, 0) is 29.2 Å². The lowest BCUT2D eigenvalue weighted by atomic mass is 9.88. The summed E-state index contributed by atoms with van der Waals surface area (Å²) in [6.45, 7) is 6.38. The minimum absolute atomic E-state index is 0.0600. The maximum Gasteiger partial charge on any atom is 0.271 e. The van der Waals surface area contributed by atoms with Gasteiger partial charge in [0.15, 0.2) is 0 Å². The van der Waals surface area contributed by atoms with Gasteiger partial charge in [-0.2, -0.15) is 0 Å². The van der Waals surface area contributed by atoms with Gasteiger partial charge in [-0.3, -0.25) is 20.6 Å². The van der Waals surface area contributed by atoms with Gasteiger partial charge < -0.3 is 0 Å². The first kappa shape index (κ1) is 14.0. The number of nitrogens with one attached hydrogen (secondary N) is 2. The Bertz CT molecular complexity index is 573. The van der Waals surface area contributed by atoms with Crippen molar-refractivity contribution in [1.82, 2.24) is 15.4 Å². The molecule has 5 nitrogen and oxygen atoms in total. The molecule has 0 unspecified atom stereocenters. The van der Waals surface area contributed by atoms with Crippen LogP contribution in [0.1, 0.15) is 36.7 Å². The highest BCUT2D eigenvalue weighted by molar-refractivity contribution is 5.94. The Morgan fingerprint density at radius 1 is 1.15 bits per heavy atom. The highest BCUT2D eigenvalue weighted by Gasteiger charge is 2.13. The first-order chi connectivity index (χ1) is 9.47. The lowest BCUT2D eigenvalue weighted by Crippen LogP contribution is -2.29. The third-order valence-electron chi connectivity index (χ3n) is 2.86. The zero-order valence-corrected chi connectivity index (χ0v) is 11.8. The molecule has 1 amide bonds. The van der Waals surface area contributed by atoms with E-state index >= 15 is 0 Å². The third-order valence-corrected chi connectivity index (χ3v) is 2.86. The van der Waals surface area contributed by atoms with Crippen molar-refractivity contribution in [3.8, 4) is 0 Å². The van der Waals surface area contributed by atoms with E-state index in [1.165, 1.54) is 6.20 Å². The van der Waals surface area contributed by atoms with Crippen LogP contribution in [0.3, 0.4) is 0 Å².